The molecule has 1 heterocycles. The molecule has 194 valence electrons. The molecule has 0 saturated heterocycles. The molecule has 1 saturated carbocycles. The van der Waals surface area contributed by atoms with Gasteiger partial charge in [-0.05, 0) is 69.5 Å². The van der Waals surface area contributed by atoms with Crippen molar-refractivity contribution in [2.45, 2.75) is 64.3 Å². The largest absolute Gasteiger partial charge is 0.439 e. The summed E-state index contributed by atoms with van der Waals surface area (Å²) in [6.45, 7) is 5.93. The average Bonchev–Trinajstić information content (AvgIpc) is 3.18. The zero-order valence-corrected chi connectivity index (χ0v) is 21.1. The van der Waals surface area contributed by atoms with Crippen molar-refractivity contribution in [2.24, 2.45) is 0 Å². The molecule has 0 spiro atoms. The van der Waals surface area contributed by atoms with Crippen LogP contribution in [-0.4, -0.2) is 24.2 Å². The van der Waals surface area contributed by atoms with Crippen LogP contribution in [0.2, 0.25) is 0 Å². The van der Waals surface area contributed by atoms with Crippen molar-refractivity contribution >= 4 is 10.2 Å². The lowest BCUT2D eigenvalue weighted by Gasteiger charge is -2.31. The van der Waals surface area contributed by atoms with E-state index in [1.54, 1.807) is 24.6 Å². The van der Waals surface area contributed by atoms with Gasteiger partial charge in [-0.3, -0.25) is 0 Å². The van der Waals surface area contributed by atoms with E-state index in [1.807, 2.05) is 31.2 Å². The Morgan fingerprint density at radius 1 is 1.06 bits per heavy atom. The SMILES string of the molecule is CCn1nc(-c2cccc(C(C)(C)NS(=O)(=O)NC3CCC3)c2)cc1Oc1ccc(C(F)(F)F)cc1. The number of rotatable bonds is 9. The Morgan fingerprint density at radius 2 is 1.75 bits per heavy atom. The van der Waals surface area contributed by atoms with Crippen LogP contribution in [-0.2, 0) is 28.5 Å². The number of halogens is 3. The number of nitrogens with zero attached hydrogens (tertiary/aromatic N) is 2. The third kappa shape index (κ3) is 6.08. The molecule has 36 heavy (non-hydrogen) atoms. The summed E-state index contributed by atoms with van der Waals surface area (Å²) in [5, 5.41) is 4.57. The smallest absolute Gasteiger partial charge is 0.416 e. The molecule has 1 fully saturated rings. The van der Waals surface area contributed by atoms with Gasteiger partial charge in [-0.25, -0.2) is 4.68 Å². The van der Waals surface area contributed by atoms with Gasteiger partial charge in [0.15, 0.2) is 0 Å². The highest BCUT2D eigenvalue weighted by Gasteiger charge is 2.31. The highest BCUT2D eigenvalue weighted by atomic mass is 32.2. The predicted molar refractivity (Wildman–Crippen MR) is 131 cm³/mol. The van der Waals surface area contributed by atoms with Crippen molar-refractivity contribution in [1.29, 1.82) is 0 Å². The van der Waals surface area contributed by atoms with Gasteiger partial charge in [0.25, 0.3) is 10.2 Å². The van der Waals surface area contributed by atoms with Gasteiger partial charge in [-0.2, -0.15) is 36.1 Å². The molecule has 7 nitrogen and oxygen atoms in total. The summed E-state index contributed by atoms with van der Waals surface area (Å²) in [5.74, 6) is 0.634. The first kappa shape index (κ1) is 26.2. The van der Waals surface area contributed by atoms with E-state index < -0.39 is 27.5 Å². The third-order valence-corrected chi connectivity index (χ3v) is 7.57. The maximum absolute atomic E-state index is 12.8. The molecule has 2 aromatic carbocycles. The van der Waals surface area contributed by atoms with Crippen LogP contribution in [0, 0.1) is 0 Å². The molecular weight excluding hydrogens is 493 g/mol. The Hall–Kier alpha value is -2.89. The van der Waals surface area contributed by atoms with E-state index in [-0.39, 0.29) is 11.8 Å². The second-order valence-electron chi connectivity index (χ2n) is 9.36. The van der Waals surface area contributed by atoms with Gasteiger partial charge in [-0.1, -0.05) is 24.6 Å². The molecular formula is C25H29F3N4O3S. The summed E-state index contributed by atoms with van der Waals surface area (Å²) in [6, 6.07) is 13.5. The molecule has 1 aromatic heterocycles. The van der Waals surface area contributed by atoms with E-state index in [0.717, 1.165) is 42.5 Å². The van der Waals surface area contributed by atoms with Crippen LogP contribution in [0.15, 0.2) is 54.6 Å². The van der Waals surface area contributed by atoms with E-state index in [0.29, 0.717) is 18.1 Å². The number of aromatic nitrogens is 2. The summed E-state index contributed by atoms with van der Waals surface area (Å²) < 4.78 is 76.6. The molecule has 0 unspecified atom stereocenters. The Kier molecular flexibility index (Phi) is 7.18. The molecule has 0 atom stereocenters. The van der Waals surface area contributed by atoms with Crippen molar-refractivity contribution in [3.05, 3.63) is 65.7 Å². The van der Waals surface area contributed by atoms with Crippen molar-refractivity contribution in [2.75, 3.05) is 0 Å². The molecule has 4 rings (SSSR count). The summed E-state index contributed by atoms with van der Waals surface area (Å²) >= 11 is 0. The first-order chi connectivity index (χ1) is 16.9. The van der Waals surface area contributed by atoms with E-state index in [9.17, 15) is 21.6 Å². The van der Waals surface area contributed by atoms with Crippen LogP contribution in [0.1, 0.15) is 51.2 Å². The summed E-state index contributed by atoms with van der Waals surface area (Å²) in [6.07, 6.45) is -1.72. The minimum absolute atomic E-state index is 0.0225. The molecule has 1 aliphatic carbocycles. The topological polar surface area (TPSA) is 85.2 Å². The van der Waals surface area contributed by atoms with Crippen molar-refractivity contribution in [3.8, 4) is 22.9 Å². The van der Waals surface area contributed by atoms with E-state index in [1.165, 1.54) is 12.1 Å². The maximum Gasteiger partial charge on any atom is 0.416 e. The monoisotopic (exact) mass is 522 g/mol. The lowest BCUT2D eigenvalue weighted by atomic mass is 9.93. The highest BCUT2D eigenvalue weighted by molar-refractivity contribution is 7.87. The van der Waals surface area contributed by atoms with Gasteiger partial charge in [0.2, 0.25) is 5.88 Å². The van der Waals surface area contributed by atoms with Crippen LogP contribution in [0.3, 0.4) is 0 Å². The maximum atomic E-state index is 12.8. The molecule has 0 bridgehead atoms. The summed E-state index contributed by atoms with van der Waals surface area (Å²) in [4.78, 5) is 0. The number of ether oxygens (including phenoxy) is 1. The van der Waals surface area contributed by atoms with Crippen molar-refractivity contribution in [1.82, 2.24) is 19.2 Å². The van der Waals surface area contributed by atoms with Gasteiger partial charge in [0, 0.05) is 24.2 Å². The fourth-order valence-corrected chi connectivity index (χ4v) is 5.44. The average molecular weight is 523 g/mol. The van der Waals surface area contributed by atoms with Gasteiger partial charge in [0.1, 0.15) is 5.75 Å². The van der Waals surface area contributed by atoms with Crippen LogP contribution in [0.4, 0.5) is 13.2 Å². The Labute approximate surface area is 208 Å². The van der Waals surface area contributed by atoms with Crippen LogP contribution in [0.5, 0.6) is 11.6 Å². The van der Waals surface area contributed by atoms with Gasteiger partial charge in [0.05, 0.1) is 16.8 Å². The zero-order valence-electron chi connectivity index (χ0n) is 20.3. The third-order valence-electron chi connectivity index (χ3n) is 6.14. The standard InChI is InChI=1S/C25H29F3N4O3S/c1-4-32-23(35-21-13-11-18(12-14-21)25(26,27)28)16-22(29-32)17-7-5-8-19(15-17)24(2,3)31-36(33,34)30-20-9-6-10-20/h5,7-8,11-16,20,30-31H,4,6,9-10H2,1-3H3. The van der Waals surface area contributed by atoms with Crippen LogP contribution < -0.4 is 14.2 Å². The minimum Gasteiger partial charge on any atom is -0.439 e. The van der Waals surface area contributed by atoms with Crippen molar-refractivity contribution < 1.29 is 26.3 Å². The number of benzene rings is 2. The van der Waals surface area contributed by atoms with Crippen molar-refractivity contribution in [3.63, 3.8) is 0 Å². The molecule has 0 aliphatic heterocycles. The number of alkyl halides is 3. The molecule has 1 aliphatic rings. The van der Waals surface area contributed by atoms with Gasteiger partial charge >= 0.3 is 6.18 Å². The minimum atomic E-state index is -4.42. The van der Waals surface area contributed by atoms with Gasteiger partial charge < -0.3 is 4.74 Å². The highest BCUT2D eigenvalue weighted by Crippen LogP contribution is 2.33. The lowest BCUT2D eigenvalue weighted by molar-refractivity contribution is -0.137. The van der Waals surface area contributed by atoms with Gasteiger partial charge in [-0.15, -0.1) is 0 Å². The quantitative estimate of drug-likeness (QED) is 0.384. The Bertz CT molecular complexity index is 1320. The van der Waals surface area contributed by atoms with Crippen LogP contribution in [0.25, 0.3) is 11.3 Å². The lowest BCUT2D eigenvalue weighted by Crippen LogP contribution is -2.51. The number of nitrogens with one attached hydrogen (secondary N) is 2. The fourth-order valence-electron chi connectivity index (χ4n) is 3.92. The summed E-state index contributed by atoms with van der Waals surface area (Å²) in [5.41, 5.74) is 0.439. The van der Waals surface area contributed by atoms with E-state index >= 15 is 0 Å². The molecule has 11 heteroatoms. The number of hydrogen-bond acceptors (Lipinski definition) is 4. The molecule has 3 aromatic rings. The van der Waals surface area contributed by atoms with E-state index in [4.69, 9.17) is 4.74 Å². The molecule has 0 amide bonds. The normalized spacial score (nSPS) is 15.1. The Morgan fingerprint density at radius 3 is 2.33 bits per heavy atom. The Balaban J connectivity index is 1.55. The predicted octanol–water partition coefficient (Wildman–Crippen LogP) is 5.59. The van der Waals surface area contributed by atoms with Crippen LogP contribution >= 0.6 is 0 Å². The fraction of sp³-hybridized carbons (Fsp3) is 0.400. The second kappa shape index (κ2) is 9.87. The molecule has 0 radical (unpaired) electrons. The number of hydrogen-bond donors (Lipinski definition) is 2. The van der Waals surface area contributed by atoms with E-state index in [2.05, 4.69) is 14.5 Å². The first-order valence-corrected chi connectivity index (χ1v) is 13.2. The molecule has 2 N–H and O–H groups in total. The second-order valence-corrected chi connectivity index (χ2v) is 10.8. The zero-order chi connectivity index (χ0) is 26.1. The number of aryl methyl sites for hydroxylation is 1. The summed E-state index contributed by atoms with van der Waals surface area (Å²) in [7, 11) is -3.69. The first-order valence-electron chi connectivity index (χ1n) is 11.7.